The smallest absolute Gasteiger partial charge is 0.326 e. The third-order valence-electron chi connectivity index (χ3n) is 2.73. The van der Waals surface area contributed by atoms with Gasteiger partial charge in [-0.05, 0) is 18.4 Å². The molecule has 0 aliphatic carbocycles. The number of unbranched alkanes of at least 4 members (excludes halogenated alkanes) is 1. The van der Waals surface area contributed by atoms with Crippen molar-refractivity contribution < 1.29 is 14.7 Å². The average molecular weight is 261 g/mol. The van der Waals surface area contributed by atoms with Crippen LogP contribution < -0.4 is 5.32 Å². The molecule has 4 heteroatoms. The van der Waals surface area contributed by atoms with Gasteiger partial charge < -0.3 is 10.4 Å². The molecule has 1 atom stereocenters. The maximum Gasteiger partial charge on any atom is 0.326 e. The van der Waals surface area contributed by atoms with E-state index in [1.807, 2.05) is 30.3 Å². The molecule has 0 aliphatic heterocycles. The second kappa shape index (κ2) is 8.08. The molecule has 0 heterocycles. The summed E-state index contributed by atoms with van der Waals surface area (Å²) in [6, 6.07) is 8.38. The third-order valence-corrected chi connectivity index (χ3v) is 2.73. The molecule has 0 spiro atoms. The van der Waals surface area contributed by atoms with E-state index in [2.05, 4.69) is 11.9 Å². The Hall–Kier alpha value is -2.10. The topological polar surface area (TPSA) is 66.4 Å². The zero-order valence-corrected chi connectivity index (χ0v) is 10.8. The average Bonchev–Trinajstić information content (AvgIpc) is 2.39. The molecule has 0 saturated carbocycles. The Bertz CT molecular complexity index is 428. The highest BCUT2D eigenvalue weighted by Gasteiger charge is 2.19. The molecule has 19 heavy (non-hydrogen) atoms. The van der Waals surface area contributed by atoms with Crippen LogP contribution >= 0.6 is 0 Å². The zero-order valence-electron chi connectivity index (χ0n) is 10.8. The van der Waals surface area contributed by atoms with Crippen LogP contribution in [0.5, 0.6) is 0 Å². The summed E-state index contributed by atoms with van der Waals surface area (Å²) in [7, 11) is 0. The standard InChI is InChI=1S/C15H19NO3/c1-2-3-5-10-14(17)16-13(15(18)19)11-12-8-6-4-7-9-12/h2,4,6-9,13H,1,3,5,10-11H2,(H,16,17)(H,18,19)/t13-/m1/s1. The Kier molecular flexibility index (Phi) is 6.36. The molecular formula is C15H19NO3. The van der Waals surface area contributed by atoms with E-state index in [-0.39, 0.29) is 5.91 Å². The lowest BCUT2D eigenvalue weighted by atomic mass is 10.1. The lowest BCUT2D eigenvalue weighted by molar-refractivity contribution is -0.141. The molecule has 1 aromatic rings. The van der Waals surface area contributed by atoms with E-state index in [0.29, 0.717) is 19.3 Å². The molecule has 0 aromatic heterocycles. The summed E-state index contributed by atoms with van der Waals surface area (Å²) < 4.78 is 0. The van der Waals surface area contributed by atoms with Crippen LogP contribution in [0.4, 0.5) is 0 Å². The first-order chi connectivity index (χ1) is 9.13. The lowest BCUT2D eigenvalue weighted by Gasteiger charge is -2.14. The fourth-order valence-corrected chi connectivity index (χ4v) is 1.72. The van der Waals surface area contributed by atoms with Crippen molar-refractivity contribution in [1.29, 1.82) is 0 Å². The number of amides is 1. The normalized spacial score (nSPS) is 11.6. The third kappa shape index (κ3) is 5.86. The number of carbonyl (C=O) groups is 2. The van der Waals surface area contributed by atoms with E-state index in [1.165, 1.54) is 0 Å². The van der Waals surface area contributed by atoms with Gasteiger partial charge >= 0.3 is 5.97 Å². The SMILES string of the molecule is C=CCCCC(=O)N[C@H](Cc1ccccc1)C(=O)O. The quantitative estimate of drug-likeness (QED) is 0.556. The van der Waals surface area contributed by atoms with Gasteiger partial charge in [0, 0.05) is 12.8 Å². The minimum absolute atomic E-state index is 0.231. The predicted molar refractivity (Wildman–Crippen MR) is 73.8 cm³/mol. The van der Waals surface area contributed by atoms with Gasteiger partial charge in [-0.25, -0.2) is 4.79 Å². The second-order valence-corrected chi connectivity index (χ2v) is 4.33. The molecule has 0 saturated heterocycles. The summed E-state index contributed by atoms with van der Waals surface area (Å²) >= 11 is 0. The van der Waals surface area contributed by atoms with Crippen molar-refractivity contribution in [1.82, 2.24) is 5.32 Å². The minimum atomic E-state index is -1.01. The number of hydrogen-bond acceptors (Lipinski definition) is 2. The monoisotopic (exact) mass is 261 g/mol. The van der Waals surface area contributed by atoms with Crippen molar-refractivity contribution in [2.75, 3.05) is 0 Å². The van der Waals surface area contributed by atoms with Crippen molar-refractivity contribution in [3.8, 4) is 0 Å². The van der Waals surface area contributed by atoms with Gasteiger partial charge in [0.15, 0.2) is 0 Å². The van der Waals surface area contributed by atoms with Crippen LogP contribution in [0.3, 0.4) is 0 Å². The van der Waals surface area contributed by atoms with Gasteiger partial charge in [0.25, 0.3) is 0 Å². The number of allylic oxidation sites excluding steroid dienone is 1. The van der Waals surface area contributed by atoms with Gasteiger partial charge in [-0.3, -0.25) is 4.79 Å². The highest BCUT2D eigenvalue weighted by Crippen LogP contribution is 2.04. The van der Waals surface area contributed by atoms with Crippen LogP contribution in [-0.2, 0) is 16.0 Å². The van der Waals surface area contributed by atoms with E-state index in [9.17, 15) is 9.59 Å². The molecular weight excluding hydrogens is 242 g/mol. The Labute approximate surface area is 113 Å². The van der Waals surface area contributed by atoms with E-state index in [4.69, 9.17) is 5.11 Å². The van der Waals surface area contributed by atoms with Crippen LogP contribution in [0.15, 0.2) is 43.0 Å². The largest absolute Gasteiger partial charge is 0.480 e. The molecule has 2 N–H and O–H groups in total. The summed E-state index contributed by atoms with van der Waals surface area (Å²) in [6.45, 7) is 3.58. The molecule has 0 unspecified atom stereocenters. The van der Waals surface area contributed by atoms with Crippen LogP contribution in [0, 0.1) is 0 Å². The summed E-state index contributed by atoms with van der Waals surface area (Å²) in [5, 5.41) is 11.7. The minimum Gasteiger partial charge on any atom is -0.480 e. The fourth-order valence-electron chi connectivity index (χ4n) is 1.72. The summed E-state index contributed by atoms with van der Waals surface area (Å²) in [4.78, 5) is 22.8. The Balaban J connectivity index is 2.51. The summed E-state index contributed by atoms with van der Waals surface area (Å²) in [5.74, 6) is -1.24. The zero-order chi connectivity index (χ0) is 14.1. The molecule has 1 rings (SSSR count). The van der Waals surface area contributed by atoms with Crippen LogP contribution in [0.1, 0.15) is 24.8 Å². The van der Waals surface area contributed by atoms with E-state index < -0.39 is 12.0 Å². The number of carboxylic acid groups (broad SMARTS) is 1. The second-order valence-electron chi connectivity index (χ2n) is 4.33. The van der Waals surface area contributed by atoms with Crippen molar-refractivity contribution in [3.05, 3.63) is 48.6 Å². The van der Waals surface area contributed by atoms with Crippen molar-refractivity contribution in [3.63, 3.8) is 0 Å². The fraction of sp³-hybridized carbons (Fsp3) is 0.333. The number of aliphatic carboxylic acids is 1. The van der Waals surface area contributed by atoms with E-state index >= 15 is 0 Å². The molecule has 1 amide bonds. The molecule has 4 nitrogen and oxygen atoms in total. The first kappa shape index (κ1) is 15.0. The molecule has 0 aliphatic rings. The van der Waals surface area contributed by atoms with Gasteiger partial charge in [-0.1, -0.05) is 36.4 Å². The molecule has 102 valence electrons. The van der Waals surface area contributed by atoms with Gasteiger partial charge in [0.1, 0.15) is 6.04 Å². The highest BCUT2D eigenvalue weighted by atomic mass is 16.4. The van der Waals surface area contributed by atoms with Gasteiger partial charge in [0.05, 0.1) is 0 Å². The molecule has 0 bridgehead atoms. The first-order valence-corrected chi connectivity index (χ1v) is 6.30. The number of rotatable bonds is 8. The van der Waals surface area contributed by atoms with Crippen LogP contribution in [-0.4, -0.2) is 23.0 Å². The lowest BCUT2D eigenvalue weighted by Crippen LogP contribution is -2.42. The summed E-state index contributed by atoms with van der Waals surface area (Å²) in [6.07, 6.45) is 3.80. The maximum atomic E-state index is 11.6. The number of carboxylic acids is 1. The number of benzene rings is 1. The van der Waals surface area contributed by atoms with Crippen LogP contribution in [0.2, 0.25) is 0 Å². The highest BCUT2D eigenvalue weighted by molar-refractivity contribution is 5.83. The Morgan fingerprint density at radius 3 is 2.58 bits per heavy atom. The molecule has 1 aromatic carbocycles. The van der Waals surface area contributed by atoms with E-state index in [1.54, 1.807) is 6.08 Å². The maximum absolute atomic E-state index is 11.6. The number of nitrogens with one attached hydrogen (secondary N) is 1. The van der Waals surface area contributed by atoms with Crippen LogP contribution in [0.25, 0.3) is 0 Å². The van der Waals surface area contributed by atoms with Crippen molar-refractivity contribution >= 4 is 11.9 Å². The van der Waals surface area contributed by atoms with Crippen molar-refractivity contribution in [2.24, 2.45) is 0 Å². The Morgan fingerprint density at radius 2 is 2.00 bits per heavy atom. The van der Waals surface area contributed by atoms with E-state index in [0.717, 1.165) is 12.0 Å². The van der Waals surface area contributed by atoms with Gasteiger partial charge in [-0.2, -0.15) is 0 Å². The molecule has 0 radical (unpaired) electrons. The number of hydrogen-bond donors (Lipinski definition) is 2. The van der Waals surface area contributed by atoms with Gasteiger partial charge in [0.2, 0.25) is 5.91 Å². The first-order valence-electron chi connectivity index (χ1n) is 6.30. The Morgan fingerprint density at radius 1 is 1.32 bits per heavy atom. The number of carbonyl (C=O) groups excluding carboxylic acids is 1. The van der Waals surface area contributed by atoms with Gasteiger partial charge in [-0.15, -0.1) is 6.58 Å². The van der Waals surface area contributed by atoms with Crippen molar-refractivity contribution in [2.45, 2.75) is 31.7 Å². The predicted octanol–water partition coefficient (Wildman–Crippen LogP) is 2.15. The molecule has 0 fully saturated rings. The summed E-state index contributed by atoms with van der Waals surface area (Å²) in [5.41, 5.74) is 0.890.